The highest BCUT2D eigenvalue weighted by molar-refractivity contribution is 5.85. The summed E-state index contributed by atoms with van der Waals surface area (Å²) in [5.41, 5.74) is 4.66. The molecule has 0 bridgehead atoms. The van der Waals surface area contributed by atoms with Crippen LogP contribution in [0.4, 0.5) is 4.79 Å². The van der Waals surface area contributed by atoms with Crippen LogP contribution in [0, 0.1) is 17.8 Å². The molecule has 2 amide bonds. The van der Waals surface area contributed by atoms with Gasteiger partial charge in [-0.25, -0.2) is 9.59 Å². The first-order valence-corrected chi connectivity index (χ1v) is 12.5. The number of alkyl carbamates (subject to hydrolysis) is 1. The molecule has 35 heavy (non-hydrogen) atoms. The predicted octanol–water partition coefficient (Wildman–Crippen LogP) is 4.56. The van der Waals surface area contributed by atoms with E-state index in [1.165, 1.54) is 11.1 Å². The molecule has 4 rings (SSSR count). The van der Waals surface area contributed by atoms with Crippen molar-refractivity contribution >= 4 is 18.0 Å². The summed E-state index contributed by atoms with van der Waals surface area (Å²) in [6.07, 6.45) is 2.89. The summed E-state index contributed by atoms with van der Waals surface area (Å²) in [4.78, 5) is 37.0. The summed E-state index contributed by atoms with van der Waals surface area (Å²) in [7, 11) is 0. The molecule has 0 unspecified atom stereocenters. The largest absolute Gasteiger partial charge is 0.480 e. The zero-order chi connectivity index (χ0) is 24.9. The molecule has 3 atom stereocenters. The number of hydrogen-bond donors (Lipinski definition) is 3. The van der Waals surface area contributed by atoms with Gasteiger partial charge < -0.3 is 20.5 Å². The number of carbonyl (C=O) groups is 3. The van der Waals surface area contributed by atoms with Gasteiger partial charge in [0.05, 0.1) is 0 Å². The summed E-state index contributed by atoms with van der Waals surface area (Å²) in [5, 5.41) is 15.0. The first-order chi connectivity index (χ1) is 16.9. The van der Waals surface area contributed by atoms with Gasteiger partial charge in [-0.3, -0.25) is 4.79 Å². The molecule has 186 valence electrons. The number of carboxylic acids is 1. The number of aliphatic carboxylic acids is 1. The van der Waals surface area contributed by atoms with Gasteiger partial charge in [-0.1, -0.05) is 75.2 Å². The van der Waals surface area contributed by atoms with Crippen LogP contribution in [0.1, 0.15) is 56.6 Å². The molecule has 0 aromatic heterocycles. The number of ether oxygens (including phenoxy) is 1. The minimum atomic E-state index is -1.03. The topological polar surface area (TPSA) is 105 Å². The van der Waals surface area contributed by atoms with Gasteiger partial charge in [-0.15, -0.1) is 0 Å². The van der Waals surface area contributed by atoms with Crippen LogP contribution >= 0.6 is 0 Å². The van der Waals surface area contributed by atoms with E-state index in [9.17, 15) is 19.5 Å². The fraction of sp³-hybridized carbons (Fsp3) is 0.464. The average molecular weight is 479 g/mol. The van der Waals surface area contributed by atoms with E-state index < -0.39 is 18.1 Å². The maximum absolute atomic E-state index is 12.9. The molecule has 1 saturated carbocycles. The summed E-state index contributed by atoms with van der Waals surface area (Å²) in [6, 6.07) is 15.5. The van der Waals surface area contributed by atoms with Gasteiger partial charge in [-0.2, -0.15) is 0 Å². The maximum atomic E-state index is 12.9. The summed E-state index contributed by atoms with van der Waals surface area (Å²) in [5.74, 6) is -1.87. The van der Waals surface area contributed by atoms with Crippen LogP contribution in [0.25, 0.3) is 11.1 Å². The van der Waals surface area contributed by atoms with Gasteiger partial charge in [-0.05, 0) is 46.9 Å². The van der Waals surface area contributed by atoms with Crippen molar-refractivity contribution in [1.29, 1.82) is 0 Å². The fourth-order valence-corrected chi connectivity index (χ4v) is 5.43. The molecule has 2 aromatic carbocycles. The van der Waals surface area contributed by atoms with Crippen LogP contribution in [0.15, 0.2) is 48.5 Å². The Hall–Kier alpha value is -3.35. The van der Waals surface area contributed by atoms with E-state index in [-0.39, 0.29) is 36.2 Å². The van der Waals surface area contributed by atoms with Crippen molar-refractivity contribution in [2.24, 2.45) is 17.8 Å². The second-order valence-corrected chi connectivity index (χ2v) is 9.93. The van der Waals surface area contributed by atoms with Crippen molar-refractivity contribution in [2.45, 2.75) is 51.5 Å². The van der Waals surface area contributed by atoms with Crippen molar-refractivity contribution < 1.29 is 24.2 Å². The lowest BCUT2D eigenvalue weighted by Crippen LogP contribution is -2.49. The molecule has 0 aliphatic heterocycles. The number of nitrogens with one attached hydrogen (secondary N) is 2. The fourth-order valence-electron chi connectivity index (χ4n) is 5.43. The Balaban J connectivity index is 1.33. The third-order valence-corrected chi connectivity index (χ3v) is 7.33. The van der Waals surface area contributed by atoms with Crippen molar-refractivity contribution in [1.82, 2.24) is 10.6 Å². The van der Waals surface area contributed by atoms with Gasteiger partial charge in [0, 0.05) is 18.4 Å². The summed E-state index contributed by atoms with van der Waals surface area (Å²) < 4.78 is 5.63. The van der Waals surface area contributed by atoms with Gasteiger partial charge in [0.2, 0.25) is 5.91 Å². The van der Waals surface area contributed by atoms with E-state index in [1.54, 1.807) is 13.8 Å². The third kappa shape index (κ3) is 5.50. The van der Waals surface area contributed by atoms with Crippen LogP contribution in [-0.4, -0.2) is 42.3 Å². The van der Waals surface area contributed by atoms with E-state index >= 15 is 0 Å². The Labute approximate surface area is 206 Å². The number of carboxylic acid groups (broad SMARTS) is 1. The quantitative estimate of drug-likeness (QED) is 0.516. The SMILES string of the molecule is CC(C)[C@H](NC(=O)[C@H]1CCCC[C@H]1CNC(=O)OCC1c2ccccc2-c2ccccc21)C(=O)O. The molecule has 2 aliphatic carbocycles. The number of rotatable bonds is 8. The first-order valence-electron chi connectivity index (χ1n) is 12.5. The maximum Gasteiger partial charge on any atom is 0.407 e. The number of carbonyl (C=O) groups excluding carboxylic acids is 2. The van der Waals surface area contributed by atoms with Crippen LogP contribution < -0.4 is 10.6 Å². The number of fused-ring (bicyclic) bond motifs is 3. The molecule has 3 N–H and O–H groups in total. The third-order valence-electron chi connectivity index (χ3n) is 7.33. The number of benzene rings is 2. The lowest BCUT2D eigenvalue weighted by Gasteiger charge is -2.32. The van der Waals surface area contributed by atoms with Gasteiger partial charge in [0.25, 0.3) is 0 Å². The van der Waals surface area contributed by atoms with Crippen molar-refractivity contribution in [3.8, 4) is 11.1 Å². The van der Waals surface area contributed by atoms with Gasteiger partial charge in [0.1, 0.15) is 12.6 Å². The lowest BCUT2D eigenvalue weighted by molar-refractivity contribution is -0.144. The van der Waals surface area contributed by atoms with Crippen LogP contribution in [0.2, 0.25) is 0 Å². The lowest BCUT2D eigenvalue weighted by atomic mass is 9.78. The second-order valence-electron chi connectivity index (χ2n) is 9.93. The highest BCUT2D eigenvalue weighted by atomic mass is 16.5. The zero-order valence-electron chi connectivity index (χ0n) is 20.3. The van der Waals surface area contributed by atoms with Crippen LogP contribution in [0.3, 0.4) is 0 Å². The Bertz CT molecular complexity index is 1040. The van der Waals surface area contributed by atoms with Crippen molar-refractivity contribution in [3.05, 3.63) is 59.7 Å². The van der Waals surface area contributed by atoms with Gasteiger partial charge >= 0.3 is 12.1 Å². The molecule has 0 spiro atoms. The number of hydrogen-bond acceptors (Lipinski definition) is 4. The van der Waals surface area contributed by atoms with E-state index in [0.717, 1.165) is 30.4 Å². The Kier molecular flexibility index (Phi) is 7.73. The van der Waals surface area contributed by atoms with Gasteiger partial charge in [0.15, 0.2) is 0 Å². The molecular weight excluding hydrogens is 444 g/mol. The molecule has 1 fully saturated rings. The molecule has 0 saturated heterocycles. The van der Waals surface area contributed by atoms with E-state index in [4.69, 9.17) is 4.74 Å². The highest BCUT2D eigenvalue weighted by Gasteiger charge is 2.34. The predicted molar refractivity (Wildman–Crippen MR) is 133 cm³/mol. The summed E-state index contributed by atoms with van der Waals surface area (Å²) in [6.45, 7) is 4.11. The molecule has 7 heteroatoms. The van der Waals surface area contributed by atoms with E-state index in [2.05, 4.69) is 34.9 Å². The van der Waals surface area contributed by atoms with Crippen LogP contribution in [0.5, 0.6) is 0 Å². The Morgan fingerprint density at radius 2 is 1.57 bits per heavy atom. The standard InChI is InChI=1S/C28H34N2O5/c1-17(2)25(27(32)33)30-26(31)19-10-4-3-9-18(19)15-29-28(34)35-16-24-22-13-7-5-11-20(22)21-12-6-8-14-23(21)24/h5-8,11-14,17-19,24-25H,3-4,9-10,15-16H2,1-2H3,(H,29,34)(H,30,31)(H,32,33)/t18-,19-,25-/m0/s1. The Morgan fingerprint density at radius 1 is 0.971 bits per heavy atom. The Morgan fingerprint density at radius 3 is 2.17 bits per heavy atom. The zero-order valence-corrected chi connectivity index (χ0v) is 20.3. The normalized spacial score (nSPS) is 20.0. The number of amides is 2. The molecule has 2 aromatic rings. The van der Waals surface area contributed by atoms with E-state index in [1.807, 2.05) is 24.3 Å². The molecule has 2 aliphatic rings. The molecule has 7 nitrogen and oxygen atoms in total. The van der Waals surface area contributed by atoms with Crippen LogP contribution in [-0.2, 0) is 14.3 Å². The summed E-state index contributed by atoms with van der Waals surface area (Å²) >= 11 is 0. The molecular formula is C28H34N2O5. The van der Waals surface area contributed by atoms with E-state index in [0.29, 0.717) is 13.0 Å². The monoisotopic (exact) mass is 478 g/mol. The van der Waals surface area contributed by atoms with Crippen molar-refractivity contribution in [3.63, 3.8) is 0 Å². The smallest absolute Gasteiger partial charge is 0.407 e. The second kappa shape index (κ2) is 10.9. The highest BCUT2D eigenvalue weighted by Crippen LogP contribution is 2.44. The molecule has 0 heterocycles. The minimum absolute atomic E-state index is 0.00894. The molecule has 0 radical (unpaired) electrons. The minimum Gasteiger partial charge on any atom is -0.480 e. The van der Waals surface area contributed by atoms with Crippen molar-refractivity contribution in [2.75, 3.05) is 13.2 Å². The first kappa shape index (κ1) is 24.8. The average Bonchev–Trinajstić information content (AvgIpc) is 3.18.